The standard InChI is InChI=1S/C29H33N5O4/c1-29(2,3)38-28(37)33-18-16-32(17-19-33)24-8-4-6-21-22(24)9-10-25(21)34-15-5-7-23(27(34)36)26(35)31-20-11-13-30-14-12-20/h4-8,11-15,25H,9-10,16-19H2,1-3H3,(H,30,31,35). The van der Waals surface area contributed by atoms with Crippen LogP contribution < -0.4 is 15.8 Å². The van der Waals surface area contributed by atoms with Crippen LogP contribution in [0.2, 0.25) is 0 Å². The minimum Gasteiger partial charge on any atom is -0.444 e. The monoisotopic (exact) mass is 515 g/mol. The molecule has 38 heavy (non-hydrogen) atoms. The van der Waals surface area contributed by atoms with Gasteiger partial charge in [-0.3, -0.25) is 14.6 Å². The lowest BCUT2D eigenvalue weighted by Crippen LogP contribution is -2.50. The lowest BCUT2D eigenvalue weighted by molar-refractivity contribution is 0.0240. The van der Waals surface area contributed by atoms with E-state index in [0.717, 1.165) is 24.1 Å². The zero-order chi connectivity index (χ0) is 26.9. The first kappa shape index (κ1) is 25.5. The molecule has 1 fully saturated rings. The number of nitrogens with one attached hydrogen (secondary N) is 1. The van der Waals surface area contributed by atoms with Gasteiger partial charge in [0.25, 0.3) is 11.5 Å². The molecule has 2 aliphatic rings. The number of piperazine rings is 1. The van der Waals surface area contributed by atoms with E-state index in [-0.39, 0.29) is 23.3 Å². The molecule has 0 spiro atoms. The third kappa shape index (κ3) is 5.27. The molecule has 1 unspecified atom stereocenters. The minimum atomic E-state index is -0.515. The fourth-order valence-electron chi connectivity index (χ4n) is 5.22. The van der Waals surface area contributed by atoms with Crippen LogP contribution in [0.4, 0.5) is 16.2 Å². The van der Waals surface area contributed by atoms with E-state index < -0.39 is 11.5 Å². The molecule has 1 N–H and O–H groups in total. The number of hydrogen-bond donors (Lipinski definition) is 1. The van der Waals surface area contributed by atoms with Crippen molar-refractivity contribution in [2.75, 3.05) is 36.4 Å². The lowest BCUT2D eigenvalue weighted by Gasteiger charge is -2.37. The molecule has 0 saturated carbocycles. The van der Waals surface area contributed by atoms with Gasteiger partial charge in [-0.15, -0.1) is 0 Å². The SMILES string of the molecule is CC(C)(C)OC(=O)N1CCN(c2cccc3c2CCC3n2cccc(C(=O)Nc3ccncc3)c2=O)CC1. The molecule has 0 bridgehead atoms. The molecule has 2 aromatic heterocycles. The molecule has 0 radical (unpaired) electrons. The molecule has 1 aromatic carbocycles. The molecule has 198 valence electrons. The van der Waals surface area contributed by atoms with Crippen LogP contribution in [0.25, 0.3) is 0 Å². The second kappa shape index (κ2) is 10.3. The van der Waals surface area contributed by atoms with Gasteiger partial charge < -0.3 is 24.4 Å². The maximum atomic E-state index is 13.4. The number of ether oxygens (including phenoxy) is 1. The molecule has 3 aromatic rings. The summed E-state index contributed by atoms with van der Waals surface area (Å²) in [5.74, 6) is -0.439. The van der Waals surface area contributed by atoms with Crippen LogP contribution in [-0.4, -0.2) is 58.2 Å². The molecular formula is C29H33N5O4. The Kier molecular flexibility index (Phi) is 6.93. The van der Waals surface area contributed by atoms with Gasteiger partial charge in [0, 0.05) is 56.1 Å². The lowest BCUT2D eigenvalue weighted by atomic mass is 10.0. The zero-order valence-electron chi connectivity index (χ0n) is 22.0. The van der Waals surface area contributed by atoms with Crippen molar-refractivity contribution < 1.29 is 14.3 Å². The number of carbonyl (C=O) groups is 2. The molecule has 9 nitrogen and oxygen atoms in total. The van der Waals surface area contributed by atoms with Crippen molar-refractivity contribution >= 4 is 23.4 Å². The van der Waals surface area contributed by atoms with E-state index >= 15 is 0 Å². The van der Waals surface area contributed by atoms with Gasteiger partial charge in [-0.05, 0) is 75.1 Å². The van der Waals surface area contributed by atoms with Gasteiger partial charge in [-0.1, -0.05) is 12.1 Å². The Morgan fingerprint density at radius 2 is 1.74 bits per heavy atom. The highest BCUT2D eigenvalue weighted by atomic mass is 16.6. The van der Waals surface area contributed by atoms with Crippen molar-refractivity contribution in [2.24, 2.45) is 0 Å². The fraction of sp³-hybridized carbons (Fsp3) is 0.379. The molecule has 3 heterocycles. The number of pyridine rings is 2. The van der Waals surface area contributed by atoms with Gasteiger partial charge in [-0.2, -0.15) is 0 Å². The van der Waals surface area contributed by atoms with E-state index in [1.165, 1.54) is 5.56 Å². The maximum Gasteiger partial charge on any atom is 0.410 e. The first-order chi connectivity index (χ1) is 18.2. The number of aromatic nitrogens is 2. The fourth-order valence-corrected chi connectivity index (χ4v) is 5.22. The second-order valence-corrected chi connectivity index (χ2v) is 10.7. The van der Waals surface area contributed by atoms with E-state index in [9.17, 15) is 14.4 Å². The van der Waals surface area contributed by atoms with Crippen molar-refractivity contribution in [3.8, 4) is 0 Å². The van der Waals surface area contributed by atoms with Gasteiger partial charge >= 0.3 is 6.09 Å². The van der Waals surface area contributed by atoms with Crippen molar-refractivity contribution in [3.63, 3.8) is 0 Å². The predicted molar refractivity (Wildman–Crippen MR) is 146 cm³/mol. The van der Waals surface area contributed by atoms with Crippen LogP contribution in [0.3, 0.4) is 0 Å². The van der Waals surface area contributed by atoms with Crippen LogP contribution in [0.15, 0.2) is 65.8 Å². The first-order valence-electron chi connectivity index (χ1n) is 13.0. The van der Waals surface area contributed by atoms with Crippen LogP contribution >= 0.6 is 0 Å². The number of anilines is 2. The van der Waals surface area contributed by atoms with E-state index in [2.05, 4.69) is 27.3 Å². The Hall–Kier alpha value is -4.14. The zero-order valence-corrected chi connectivity index (χ0v) is 22.0. The predicted octanol–water partition coefficient (Wildman–Crippen LogP) is 4.09. The highest BCUT2D eigenvalue weighted by Gasteiger charge is 2.31. The van der Waals surface area contributed by atoms with Crippen LogP contribution in [0, 0.1) is 0 Å². The number of benzene rings is 1. The topological polar surface area (TPSA) is 96.8 Å². The van der Waals surface area contributed by atoms with Crippen molar-refractivity contribution in [1.82, 2.24) is 14.5 Å². The Bertz CT molecular complexity index is 1390. The normalized spacial score (nSPS) is 17.2. The molecular weight excluding hydrogens is 482 g/mol. The Labute approximate surface area is 222 Å². The number of fused-ring (bicyclic) bond motifs is 1. The highest BCUT2D eigenvalue weighted by Crippen LogP contribution is 2.39. The summed E-state index contributed by atoms with van der Waals surface area (Å²) in [6.45, 7) is 8.24. The summed E-state index contributed by atoms with van der Waals surface area (Å²) in [4.78, 5) is 46.8. The van der Waals surface area contributed by atoms with Gasteiger partial charge in [0.05, 0.1) is 6.04 Å². The third-order valence-electron chi connectivity index (χ3n) is 6.98. The smallest absolute Gasteiger partial charge is 0.410 e. The molecule has 1 aliphatic heterocycles. The minimum absolute atomic E-state index is 0.104. The van der Waals surface area contributed by atoms with E-state index in [0.29, 0.717) is 31.9 Å². The Balaban J connectivity index is 1.34. The van der Waals surface area contributed by atoms with Gasteiger partial charge in [0.2, 0.25) is 0 Å². The summed E-state index contributed by atoms with van der Waals surface area (Å²) in [6.07, 6.45) is 6.27. The second-order valence-electron chi connectivity index (χ2n) is 10.7. The van der Waals surface area contributed by atoms with E-state index in [1.54, 1.807) is 52.3 Å². The number of nitrogens with zero attached hydrogens (tertiary/aromatic N) is 4. The third-order valence-corrected chi connectivity index (χ3v) is 6.98. The summed E-state index contributed by atoms with van der Waals surface area (Å²) < 4.78 is 7.21. The molecule has 1 aliphatic carbocycles. The molecule has 5 rings (SSSR count). The molecule has 1 saturated heterocycles. The summed E-state index contributed by atoms with van der Waals surface area (Å²) >= 11 is 0. The molecule has 2 amide bonds. The number of amides is 2. The average Bonchev–Trinajstić information content (AvgIpc) is 3.32. The summed E-state index contributed by atoms with van der Waals surface area (Å²) in [5, 5.41) is 2.78. The number of hydrogen-bond acceptors (Lipinski definition) is 6. The quantitative estimate of drug-likeness (QED) is 0.562. The largest absolute Gasteiger partial charge is 0.444 e. The van der Waals surface area contributed by atoms with Crippen molar-refractivity contribution in [2.45, 2.75) is 45.3 Å². The van der Waals surface area contributed by atoms with E-state index in [1.807, 2.05) is 26.8 Å². The Morgan fingerprint density at radius 1 is 1.00 bits per heavy atom. The van der Waals surface area contributed by atoms with Gasteiger partial charge in [0.1, 0.15) is 11.2 Å². The van der Waals surface area contributed by atoms with Crippen molar-refractivity contribution in [3.05, 3.63) is 88.1 Å². The summed E-state index contributed by atoms with van der Waals surface area (Å²) in [7, 11) is 0. The van der Waals surface area contributed by atoms with Crippen LogP contribution in [0.5, 0.6) is 0 Å². The molecule has 1 atom stereocenters. The van der Waals surface area contributed by atoms with E-state index in [4.69, 9.17) is 4.74 Å². The van der Waals surface area contributed by atoms with Gasteiger partial charge in [-0.25, -0.2) is 4.79 Å². The Morgan fingerprint density at radius 3 is 2.45 bits per heavy atom. The first-order valence-corrected chi connectivity index (χ1v) is 13.0. The van der Waals surface area contributed by atoms with Crippen LogP contribution in [0.1, 0.15) is 54.7 Å². The summed E-state index contributed by atoms with van der Waals surface area (Å²) in [5.41, 5.74) is 3.34. The highest BCUT2D eigenvalue weighted by molar-refractivity contribution is 6.03. The molecule has 9 heteroatoms. The maximum absolute atomic E-state index is 13.4. The number of rotatable bonds is 4. The number of carbonyl (C=O) groups excluding carboxylic acids is 2. The average molecular weight is 516 g/mol. The van der Waals surface area contributed by atoms with Gasteiger partial charge in [0.15, 0.2) is 0 Å². The van der Waals surface area contributed by atoms with Crippen molar-refractivity contribution in [1.29, 1.82) is 0 Å². The van der Waals surface area contributed by atoms with Crippen LogP contribution in [-0.2, 0) is 11.2 Å². The summed E-state index contributed by atoms with van der Waals surface area (Å²) in [6, 6.07) is 12.7.